The zero-order valence-corrected chi connectivity index (χ0v) is 11.3. The summed E-state index contributed by atoms with van der Waals surface area (Å²) in [5, 5.41) is 38.9. The molecule has 0 bridgehead atoms. The Morgan fingerprint density at radius 2 is 1.16 bits per heavy atom. The maximum Gasteiger partial charge on any atom is 2.00 e. The van der Waals surface area contributed by atoms with Gasteiger partial charge in [0.1, 0.15) is 5.60 Å². The molecule has 19 heavy (non-hydrogen) atoms. The minimum absolute atomic E-state index is 0. The zero-order chi connectivity index (χ0) is 15.1. The third-order valence-electron chi connectivity index (χ3n) is 1.25. The number of hydrogen-bond acceptors (Lipinski definition) is 11. The molecule has 0 aromatic carbocycles. The second kappa shape index (κ2) is 9.00. The Morgan fingerprint density at radius 3 is 1.26 bits per heavy atom. The van der Waals surface area contributed by atoms with Crippen molar-refractivity contribution in [3.8, 4) is 0 Å². The Labute approximate surface area is 122 Å². The molecule has 0 aliphatic rings. The van der Waals surface area contributed by atoms with Gasteiger partial charge in [0.05, 0.1) is 5.97 Å². The number of aliphatic hydroxyl groups is 1. The summed E-state index contributed by atoms with van der Waals surface area (Å²) < 4.78 is 34.1. The van der Waals surface area contributed by atoms with E-state index in [4.69, 9.17) is 22.6 Å². The summed E-state index contributed by atoms with van der Waals surface area (Å²) in [6.45, 7) is 0. The first-order valence-electron chi connectivity index (χ1n) is 3.78. The van der Waals surface area contributed by atoms with E-state index in [9.17, 15) is 29.7 Å². The summed E-state index contributed by atoms with van der Waals surface area (Å²) in [5.41, 5.74) is -2.97. The van der Waals surface area contributed by atoms with Crippen LogP contribution in [0.4, 0.5) is 0 Å². The first-order valence-corrected chi connectivity index (χ1v) is 5.11. The van der Waals surface area contributed by atoms with E-state index in [0.717, 1.165) is 0 Å². The Bertz CT molecular complexity index is 402. The van der Waals surface area contributed by atoms with Gasteiger partial charge in [-0.25, -0.2) is 0 Å². The Balaban J connectivity index is -0.000000366. The fourth-order valence-corrected chi connectivity index (χ4v) is 0.684. The monoisotopic (exact) mass is 309 g/mol. The van der Waals surface area contributed by atoms with Gasteiger partial charge in [-0.3, -0.25) is 8.42 Å². The van der Waals surface area contributed by atoms with Crippen LogP contribution in [-0.4, -0.2) is 69.2 Å². The van der Waals surface area contributed by atoms with E-state index in [1.807, 2.05) is 0 Å². The first kappa shape index (κ1) is 23.1. The predicted molar refractivity (Wildman–Crippen MR) is 45.4 cm³/mol. The topological polar surface area (TPSA) is 221 Å². The summed E-state index contributed by atoms with van der Waals surface area (Å²) >= 11 is 0. The summed E-state index contributed by atoms with van der Waals surface area (Å²) in [6, 6.07) is 0. The molecule has 0 aliphatic carbocycles. The van der Waals surface area contributed by atoms with Gasteiger partial charge in [-0.15, -0.1) is 0 Å². The molecule has 0 aromatic heterocycles. The van der Waals surface area contributed by atoms with Crippen LogP contribution in [0.5, 0.6) is 0 Å². The van der Waals surface area contributed by atoms with Gasteiger partial charge in [-0.2, -0.15) is 0 Å². The van der Waals surface area contributed by atoms with Crippen molar-refractivity contribution < 1.29 is 52.3 Å². The molecule has 0 saturated heterocycles. The molecule has 0 saturated carbocycles. The zero-order valence-electron chi connectivity index (χ0n) is 9.06. The summed E-state index contributed by atoms with van der Waals surface area (Å²) in [5.74, 6) is -5.98. The van der Waals surface area contributed by atoms with E-state index in [1.165, 1.54) is 0 Å². The fourth-order valence-electron chi connectivity index (χ4n) is 0.684. The fraction of sp³-hybridized carbons (Fsp3) is 0.500. The van der Waals surface area contributed by atoms with Crippen molar-refractivity contribution >= 4 is 51.4 Å². The van der Waals surface area contributed by atoms with Crippen LogP contribution < -0.4 is 15.3 Å². The standard InChI is InChI=1S/C6H8O7.Mg.H2O4S/c7-3(8)1-6(13,5(11)12)2-4(9)10;;1-5(2,3)4/h13H,1-2H2,(H,7,8)(H,9,10)(H,11,12);;(H2,1,2,3,4)/q;+2;/p-5. The van der Waals surface area contributed by atoms with Gasteiger partial charge in [-0.1, -0.05) is 0 Å². The molecule has 13 heteroatoms. The molecule has 1 N–H and O–H groups in total. The number of carbonyl (C=O) groups excluding carboxylic acids is 3. The minimum atomic E-state index is -5.17. The number of carboxylic acids is 3. The largest absolute Gasteiger partial charge is 2.00 e. The van der Waals surface area contributed by atoms with Crippen molar-refractivity contribution in [2.45, 2.75) is 18.4 Å². The van der Waals surface area contributed by atoms with Crippen LogP contribution >= 0.6 is 0 Å². The van der Waals surface area contributed by atoms with E-state index in [2.05, 4.69) is 0 Å². The van der Waals surface area contributed by atoms with Gasteiger partial charge >= 0.3 is 23.1 Å². The molecule has 0 aliphatic heterocycles. The van der Waals surface area contributed by atoms with Gasteiger partial charge < -0.3 is 43.9 Å². The minimum Gasteiger partial charge on any atom is -0.759 e. The molecular formula is C6H5MgO11S-3. The van der Waals surface area contributed by atoms with Crippen molar-refractivity contribution in [1.82, 2.24) is 0 Å². The van der Waals surface area contributed by atoms with Crippen molar-refractivity contribution in [2.24, 2.45) is 0 Å². The van der Waals surface area contributed by atoms with E-state index < -0.39 is 46.7 Å². The van der Waals surface area contributed by atoms with Crippen molar-refractivity contribution in [1.29, 1.82) is 0 Å². The van der Waals surface area contributed by atoms with E-state index in [-0.39, 0.29) is 23.1 Å². The van der Waals surface area contributed by atoms with Crippen molar-refractivity contribution in [3.05, 3.63) is 0 Å². The SMILES string of the molecule is O=C([O-])CC(O)(CC(=O)[O-])C(=O)[O-].O=S(=O)([O-])[O-].[Mg+2]. The average molecular weight is 309 g/mol. The third kappa shape index (κ3) is 17.0. The summed E-state index contributed by atoms with van der Waals surface area (Å²) in [6.07, 6.45) is -2.72. The second-order valence-electron chi connectivity index (χ2n) is 2.82. The summed E-state index contributed by atoms with van der Waals surface area (Å²) in [7, 11) is -5.17. The van der Waals surface area contributed by atoms with Crippen LogP contribution in [0.3, 0.4) is 0 Å². The van der Waals surface area contributed by atoms with Crippen molar-refractivity contribution in [3.63, 3.8) is 0 Å². The molecule has 0 rings (SSSR count). The molecule has 0 aromatic rings. The first-order chi connectivity index (χ1) is 7.78. The van der Waals surface area contributed by atoms with Crippen LogP contribution in [0.15, 0.2) is 0 Å². The third-order valence-corrected chi connectivity index (χ3v) is 1.25. The molecule has 0 radical (unpaired) electrons. The predicted octanol–water partition coefficient (Wildman–Crippen LogP) is -6.97. The Kier molecular flexibility index (Phi) is 11.0. The van der Waals surface area contributed by atoms with Crippen LogP contribution in [0, 0.1) is 0 Å². The molecule has 106 valence electrons. The molecule has 11 nitrogen and oxygen atoms in total. The van der Waals surface area contributed by atoms with Crippen LogP contribution in [0.1, 0.15) is 12.8 Å². The van der Waals surface area contributed by atoms with Crippen LogP contribution in [-0.2, 0) is 24.8 Å². The number of rotatable bonds is 5. The van der Waals surface area contributed by atoms with E-state index in [0.29, 0.717) is 0 Å². The van der Waals surface area contributed by atoms with Gasteiger partial charge in [0.2, 0.25) is 0 Å². The molecule has 0 spiro atoms. The smallest absolute Gasteiger partial charge is 0.759 e. The van der Waals surface area contributed by atoms with Gasteiger partial charge in [-0.05, 0) is 0 Å². The number of carboxylic acid groups (broad SMARTS) is 3. The number of carbonyl (C=O) groups is 3. The maximum absolute atomic E-state index is 10.1. The average Bonchev–Trinajstić information content (AvgIpc) is 1.95. The molecule has 0 heterocycles. The van der Waals surface area contributed by atoms with Crippen LogP contribution in [0.2, 0.25) is 0 Å². The van der Waals surface area contributed by atoms with Gasteiger partial charge in [0.15, 0.2) is 0 Å². The molecule has 0 fully saturated rings. The second-order valence-corrected chi connectivity index (χ2v) is 3.64. The molecule has 0 unspecified atom stereocenters. The number of aliphatic carboxylic acids is 3. The van der Waals surface area contributed by atoms with Gasteiger partial charge in [0, 0.05) is 35.2 Å². The Morgan fingerprint density at radius 1 is 0.947 bits per heavy atom. The molecule has 0 amide bonds. The molecule has 0 atom stereocenters. The van der Waals surface area contributed by atoms with Gasteiger partial charge in [0.25, 0.3) is 0 Å². The quantitative estimate of drug-likeness (QED) is 0.285. The summed E-state index contributed by atoms with van der Waals surface area (Å²) in [4.78, 5) is 30.0. The molecular weight excluding hydrogens is 304 g/mol. The van der Waals surface area contributed by atoms with E-state index in [1.54, 1.807) is 0 Å². The van der Waals surface area contributed by atoms with Crippen molar-refractivity contribution in [2.75, 3.05) is 0 Å². The van der Waals surface area contributed by atoms with E-state index >= 15 is 0 Å². The number of hydrogen-bond donors (Lipinski definition) is 1. The van der Waals surface area contributed by atoms with Crippen LogP contribution in [0.25, 0.3) is 0 Å². The normalized spacial score (nSPS) is 10.5. The maximum atomic E-state index is 10.1. The Hall–Kier alpha value is -0.994.